The standard InChI is InChI=1S/C33H35F3N4O6S/c1-30(2,3)45-29(41)40-18-32(19-40)10-11-39(17-32)28-24(15-37)27(25-16-44-31(4,5)14-26(25)38-28)23-13-21(46-47(42,43)33(34,35)36)12-20-8-6-7-9-22(20)23/h6-9,12-13H,10-11,14,16-19H2,1-5H3. The van der Waals surface area contributed by atoms with Crippen LogP contribution in [-0.2, 0) is 32.6 Å². The number of likely N-dealkylation sites (tertiary alicyclic amines) is 1. The molecule has 3 aliphatic rings. The Morgan fingerprint density at radius 1 is 1.11 bits per heavy atom. The molecule has 0 aliphatic carbocycles. The third kappa shape index (κ3) is 6.18. The van der Waals surface area contributed by atoms with Gasteiger partial charge < -0.3 is 23.5 Å². The Bertz CT molecular complexity index is 1930. The monoisotopic (exact) mass is 672 g/mol. The van der Waals surface area contributed by atoms with E-state index in [4.69, 9.17) is 14.5 Å². The van der Waals surface area contributed by atoms with Gasteiger partial charge in [0.1, 0.15) is 28.8 Å². The van der Waals surface area contributed by atoms with Gasteiger partial charge in [0.05, 0.1) is 17.9 Å². The minimum atomic E-state index is -5.97. The molecule has 0 radical (unpaired) electrons. The number of fused-ring (bicyclic) bond motifs is 2. The lowest BCUT2D eigenvalue weighted by Gasteiger charge is -2.47. The normalized spacial score (nSPS) is 18.9. The van der Waals surface area contributed by atoms with Crippen LogP contribution in [0.4, 0.5) is 23.8 Å². The Morgan fingerprint density at radius 2 is 1.81 bits per heavy atom. The second-order valence-electron chi connectivity index (χ2n) is 14.1. The fourth-order valence-electron chi connectivity index (χ4n) is 6.62. The molecule has 2 saturated heterocycles. The van der Waals surface area contributed by atoms with E-state index in [9.17, 15) is 31.6 Å². The van der Waals surface area contributed by atoms with Crippen molar-refractivity contribution in [2.75, 3.05) is 31.1 Å². The van der Waals surface area contributed by atoms with E-state index in [1.54, 1.807) is 29.2 Å². The molecule has 1 spiro atoms. The van der Waals surface area contributed by atoms with Crippen molar-refractivity contribution in [2.45, 2.75) is 70.8 Å². The smallest absolute Gasteiger partial charge is 0.444 e. The first kappa shape index (κ1) is 32.8. The predicted octanol–water partition coefficient (Wildman–Crippen LogP) is 6.30. The molecule has 4 heterocycles. The Kier molecular flexibility index (Phi) is 7.67. The third-order valence-corrected chi connectivity index (χ3v) is 9.69. The van der Waals surface area contributed by atoms with Crippen LogP contribution in [-0.4, -0.2) is 67.3 Å². The van der Waals surface area contributed by atoms with Crippen molar-refractivity contribution in [2.24, 2.45) is 5.41 Å². The largest absolute Gasteiger partial charge is 0.534 e. The van der Waals surface area contributed by atoms with Crippen molar-refractivity contribution >= 4 is 32.8 Å². The number of pyridine rings is 1. The molecule has 0 N–H and O–H groups in total. The summed E-state index contributed by atoms with van der Waals surface area (Å²) in [5.74, 6) is -0.120. The van der Waals surface area contributed by atoms with Gasteiger partial charge in [0.15, 0.2) is 0 Å². The molecule has 0 bridgehead atoms. The number of benzene rings is 2. The number of nitriles is 1. The molecule has 0 atom stereocenters. The number of carbonyl (C=O) groups excluding carboxylic acids is 1. The van der Waals surface area contributed by atoms with Crippen LogP contribution in [0.1, 0.15) is 57.9 Å². The highest BCUT2D eigenvalue weighted by Crippen LogP contribution is 2.47. The topological polar surface area (TPSA) is 122 Å². The Balaban J connectivity index is 1.46. The minimum absolute atomic E-state index is 0.0780. The zero-order valence-electron chi connectivity index (χ0n) is 26.7. The number of hydrogen-bond donors (Lipinski definition) is 0. The van der Waals surface area contributed by atoms with Gasteiger partial charge in [-0.2, -0.15) is 26.9 Å². The van der Waals surface area contributed by atoms with Crippen molar-refractivity contribution < 1.29 is 40.0 Å². The number of amides is 1. The number of aromatic nitrogens is 1. The molecule has 10 nitrogen and oxygen atoms in total. The van der Waals surface area contributed by atoms with E-state index in [0.29, 0.717) is 71.6 Å². The molecule has 0 unspecified atom stereocenters. The van der Waals surface area contributed by atoms with Crippen LogP contribution < -0.4 is 9.08 Å². The molecular formula is C33H35F3N4O6S. The molecule has 1 aromatic heterocycles. The van der Waals surface area contributed by atoms with Gasteiger partial charge in [0, 0.05) is 49.1 Å². The molecule has 3 aromatic rings. The molecular weight excluding hydrogens is 637 g/mol. The van der Waals surface area contributed by atoms with Gasteiger partial charge in [0.2, 0.25) is 0 Å². The first-order valence-electron chi connectivity index (χ1n) is 15.2. The molecule has 14 heteroatoms. The van der Waals surface area contributed by atoms with Crippen molar-refractivity contribution in [1.82, 2.24) is 9.88 Å². The van der Waals surface area contributed by atoms with E-state index < -0.39 is 32.6 Å². The molecule has 0 saturated carbocycles. The average Bonchev–Trinajstić information content (AvgIpc) is 3.39. The number of alkyl halides is 3. The number of ether oxygens (including phenoxy) is 2. The van der Waals surface area contributed by atoms with E-state index in [1.165, 1.54) is 12.1 Å². The maximum atomic E-state index is 13.3. The zero-order chi connectivity index (χ0) is 34.2. The molecule has 1 amide bonds. The van der Waals surface area contributed by atoms with E-state index in [1.807, 2.05) is 39.5 Å². The van der Waals surface area contributed by atoms with Crippen molar-refractivity contribution in [3.63, 3.8) is 0 Å². The summed E-state index contributed by atoms with van der Waals surface area (Å²) < 4.78 is 80.2. The summed E-state index contributed by atoms with van der Waals surface area (Å²) in [7, 11) is -5.97. The SMILES string of the molecule is CC(C)(C)OC(=O)N1CC2(CCN(c3nc4c(c(-c5cc(OS(=O)(=O)C(F)(F)F)cc6ccccc56)c3C#N)COC(C)(C)C4)C2)C1. The third-order valence-electron chi connectivity index (χ3n) is 8.71. The average molecular weight is 673 g/mol. The van der Waals surface area contributed by atoms with Gasteiger partial charge in [-0.1, -0.05) is 24.3 Å². The number of anilines is 1. The number of rotatable bonds is 4. The van der Waals surface area contributed by atoms with E-state index in [0.717, 1.165) is 6.42 Å². The maximum Gasteiger partial charge on any atom is 0.534 e. The Labute approximate surface area is 271 Å². The lowest BCUT2D eigenvalue weighted by Crippen LogP contribution is -2.60. The van der Waals surface area contributed by atoms with Crippen LogP contribution in [0.15, 0.2) is 36.4 Å². The van der Waals surface area contributed by atoms with Crippen LogP contribution in [0.3, 0.4) is 0 Å². The lowest BCUT2D eigenvalue weighted by molar-refractivity contribution is -0.0500. The number of hydrogen-bond acceptors (Lipinski definition) is 9. The fraction of sp³-hybridized carbons (Fsp3) is 0.485. The summed E-state index contributed by atoms with van der Waals surface area (Å²) >= 11 is 0. The molecule has 47 heavy (non-hydrogen) atoms. The van der Waals surface area contributed by atoms with Crippen molar-refractivity contribution in [3.05, 3.63) is 53.2 Å². The Morgan fingerprint density at radius 3 is 2.47 bits per heavy atom. The molecule has 3 aliphatic heterocycles. The molecule has 250 valence electrons. The molecule has 6 rings (SSSR count). The number of carbonyl (C=O) groups is 1. The van der Waals surface area contributed by atoms with Gasteiger partial charge in [-0.25, -0.2) is 9.78 Å². The van der Waals surface area contributed by atoms with Crippen LogP contribution in [0.2, 0.25) is 0 Å². The van der Waals surface area contributed by atoms with Crippen LogP contribution in [0, 0.1) is 16.7 Å². The quantitative estimate of drug-likeness (QED) is 0.232. The minimum Gasteiger partial charge on any atom is -0.444 e. The van der Waals surface area contributed by atoms with Crippen molar-refractivity contribution in [3.8, 4) is 22.9 Å². The lowest BCUT2D eigenvalue weighted by atomic mass is 9.79. The summed E-state index contributed by atoms with van der Waals surface area (Å²) in [6.45, 7) is 11.4. The number of nitrogens with zero attached hydrogens (tertiary/aromatic N) is 4. The van der Waals surface area contributed by atoms with E-state index in [2.05, 4.69) is 10.3 Å². The van der Waals surface area contributed by atoms with Gasteiger partial charge >= 0.3 is 21.7 Å². The highest BCUT2D eigenvalue weighted by molar-refractivity contribution is 7.88. The molecule has 2 fully saturated rings. The van der Waals surface area contributed by atoms with E-state index >= 15 is 0 Å². The van der Waals surface area contributed by atoms with Crippen LogP contribution >= 0.6 is 0 Å². The summed E-state index contributed by atoms with van der Waals surface area (Å²) in [6, 6.07) is 11.5. The number of halogens is 3. The van der Waals surface area contributed by atoms with Gasteiger partial charge in [0.25, 0.3) is 0 Å². The highest BCUT2D eigenvalue weighted by atomic mass is 32.2. The van der Waals surface area contributed by atoms with Crippen LogP contribution in [0.5, 0.6) is 5.75 Å². The second kappa shape index (κ2) is 11.0. The summed E-state index contributed by atoms with van der Waals surface area (Å²) in [5.41, 5.74) is -4.86. The maximum absolute atomic E-state index is 13.3. The first-order valence-corrected chi connectivity index (χ1v) is 16.6. The summed E-state index contributed by atoms with van der Waals surface area (Å²) in [4.78, 5) is 21.3. The fourth-order valence-corrected chi connectivity index (χ4v) is 7.06. The van der Waals surface area contributed by atoms with Gasteiger partial charge in [-0.05, 0) is 69.5 Å². The summed E-state index contributed by atoms with van der Waals surface area (Å²) in [6.07, 6.45) is 0.773. The van der Waals surface area contributed by atoms with E-state index in [-0.39, 0.29) is 23.7 Å². The van der Waals surface area contributed by atoms with Crippen LogP contribution in [0.25, 0.3) is 21.9 Å². The highest BCUT2D eigenvalue weighted by Gasteiger charge is 2.51. The second-order valence-corrected chi connectivity index (χ2v) is 15.7. The van der Waals surface area contributed by atoms with Gasteiger partial charge in [-0.15, -0.1) is 0 Å². The van der Waals surface area contributed by atoms with Gasteiger partial charge in [-0.3, -0.25) is 0 Å². The zero-order valence-corrected chi connectivity index (χ0v) is 27.5. The predicted molar refractivity (Wildman–Crippen MR) is 167 cm³/mol. The van der Waals surface area contributed by atoms with Crippen molar-refractivity contribution in [1.29, 1.82) is 5.26 Å². The Hall–Kier alpha value is -4.09. The first-order chi connectivity index (χ1) is 21.8. The summed E-state index contributed by atoms with van der Waals surface area (Å²) in [5, 5.41) is 11.7. The molecule has 2 aromatic carbocycles.